The highest BCUT2D eigenvalue weighted by atomic mass is 32.1. The Balaban J connectivity index is 1.40. The van der Waals surface area contributed by atoms with Crippen molar-refractivity contribution in [1.82, 2.24) is 20.8 Å². The SMILES string of the molecule is CNCc1ccccc1-c1ccc([C@@H](C)Nc2nncc3ccc(N4CCNC(=O)C4)cc23)s1. The van der Waals surface area contributed by atoms with E-state index in [1.54, 1.807) is 17.5 Å². The van der Waals surface area contributed by atoms with E-state index in [9.17, 15) is 4.79 Å². The first-order chi connectivity index (χ1) is 16.6. The Morgan fingerprint density at radius 2 is 2.06 bits per heavy atom. The molecule has 174 valence electrons. The molecule has 3 N–H and O–H groups in total. The lowest BCUT2D eigenvalue weighted by Crippen LogP contribution is -2.47. The Labute approximate surface area is 203 Å². The van der Waals surface area contributed by atoms with E-state index in [1.807, 2.05) is 19.2 Å². The zero-order chi connectivity index (χ0) is 23.5. The van der Waals surface area contributed by atoms with E-state index in [0.717, 1.165) is 35.4 Å². The molecule has 1 amide bonds. The summed E-state index contributed by atoms with van der Waals surface area (Å²) in [6.07, 6.45) is 1.78. The van der Waals surface area contributed by atoms with Gasteiger partial charge in [-0.25, -0.2) is 0 Å². The summed E-state index contributed by atoms with van der Waals surface area (Å²) in [4.78, 5) is 16.4. The standard InChI is InChI=1S/C26H28N6OS/c1-17(23-9-10-24(34-23)21-6-4-3-5-18(21)14-27-2)30-26-22-13-20(8-7-19(22)15-29-31-26)32-12-11-28-25(33)16-32/h3-10,13,15,17,27H,11-12,14,16H2,1-2H3,(H,28,33)(H,30,31)/t17-/m1/s1. The summed E-state index contributed by atoms with van der Waals surface area (Å²) in [5.41, 5.74) is 3.57. The molecule has 34 heavy (non-hydrogen) atoms. The minimum absolute atomic E-state index is 0.0518. The van der Waals surface area contributed by atoms with E-state index in [4.69, 9.17) is 0 Å². The molecule has 1 saturated heterocycles. The van der Waals surface area contributed by atoms with Gasteiger partial charge in [0.15, 0.2) is 5.82 Å². The summed E-state index contributed by atoms with van der Waals surface area (Å²) in [7, 11) is 1.97. The monoisotopic (exact) mass is 472 g/mol. The Bertz CT molecular complexity index is 1320. The van der Waals surface area contributed by atoms with E-state index in [0.29, 0.717) is 13.1 Å². The van der Waals surface area contributed by atoms with Crippen molar-refractivity contribution in [1.29, 1.82) is 0 Å². The third-order valence-electron chi connectivity index (χ3n) is 6.11. The lowest BCUT2D eigenvalue weighted by molar-refractivity contribution is -0.120. The highest BCUT2D eigenvalue weighted by molar-refractivity contribution is 7.15. The minimum atomic E-state index is 0.0518. The molecule has 0 spiro atoms. The van der Waals surface area contributed by atoms with Crippen molar-refractivity contribution in [2.45, 2.75) is 19.5 Å². The van der Waals surface area contributed by atoms with Gasteiger partial charge in [0.25, 0.3) is 0 Å². The molecule has 1 aliphatic heterocycles. The van der Waals surface area contributed by atoms with Crippen molar-refractivity contribution in [3.63, 3.8) is 0 Å². The molecule has 3 heterocycles. The molecule has 0 radical (unpaired) electrons. The number of anilines is 2. The summed E-state index contributed by atoms with van der Waals surface area (Å²) < 4.78 is 0. The molecule has 0 bridgehead atoms. The predicted molar refractivity (Wildman–Crippen MR) is 139 cm³/mol. The average Bonchev–Trinajstić information content (AvgIpc) is 3.35. The fourth-order valence-corrected chi connectivity index (χ4v) is 5.41. The Morgan fingerprint density at radius 1 is 1.18 bits per heavy atom. The van der Waals surface area contributed by atoms with Crippen molar-refractivity contribution in [2.24, 2.45) is 0 Å². The second-order valence-electron chi connectivity index (χ2n) is 8.49. The van der Waals surface area contributed by atoms with Crippen LogP contribution in [0.3, 0.4) is 0 Å². The molecular formula is C26H28N6OS. The van der Waals surface area contributed by atoms with E-state index < -0.39 is 0 Å². The number of aromatic nitrogens is 2. The van der Waals surface area contributed by atoms with Gasteiger partial charge in [0.2, 0.25) is 5.91 Å². The maximum Gasteiger partial charge on any atom is 0.239 e. The second-order valence-corrected chi connectivity index (χ2v) is 9.61. The van der Waals surface area contributed by atoms with Crippen LogP contribution < -0.4 is 20.9 Å². The molecule has 0 saturated carbocycles. The summed E-state index contributed by atoms with van der Waals surface area (Å²) in [6, 6.07) is 19.2. The van der Waals surface area contributed by atoms with Crippen LogP contribution in [-0.4, -0.2) is 42.8 Å². The van der Waals surface area contributed by atoms with E-state index >= 15 is 0 Å². The third kappa shape index (κ3) is 4.60. The van der Waals surface area contributed by atoms with Gasteiger partial charge in [-0.05, 0) is 49.4 Å². The van der Waals surface area contributed by atoms with Crippen LogP contribution in [-0.2, 0) is 11.3 Å². The summed E-state index contributed by atoms with van der Waals surface area (Å²) >= 11 is 1.79. The average molecular weight is 473 g/mol. The Kier molecular flexibility index (Phi) is 6.42. The van der Waals surface area contributed by atoms with Gasteiger partial charge in [-0.3, -0.25) is 4.79 Å². The van der Waals surface area contributed by atoms with Crippen LogP contribution in [0.2, 0.25) is 0 Å². The Hall–Kier alpha value is -3.49. The highest BCUT2D eigenvalue weighted by Crippen LogP contribution is 2.35. The van der Waals surface area contributed by atoms with Crippen molar-refractivity contribution in [2.75, 3.05) is 36.9 Å². The van der Waals surface area contributed by atoms with Gasteiger partial charge in [-0.2, -0.15) is 5.10 Å². The first-order valence-corrected chi connectivity index (χ1v) is 12.3. The molecule has 7 nitrogen and oxygen atoms in total. The zero-order valence-corrected chi connectivity index (χ0v) is 20.2. The quantitative estimate of drug-likeness (QED) is 0.374. The predicted octanol–water partition coefficient (Wildman–Crippen LogP) is 4.19. The maximum atomic E-state index is 11.9. The van der Waals surface area contributed by atoms with Crippen molar-refractivity contribution in [3.05, 3.63) is 71.2 Å². The van der Waals surface area contributed by atoms with Crippen LogP contribution in [0.15, 0.2) is 60.8 Å². The summed E-state index contributed by atoms with van der Waals surface area (Å²) in [5, 5.41) is 20.3. The molecule has 1 fully saturated rings. The number of carbonyl (C=O) groups is 1. The van der Waals surface area contributed by atoms with E-state index in [-0.39, 0.29) is 11.9 Å². The van der Waals surface area contributed by atoms with Gasteiger partial charge < -0.3 is 20.9 Å². The van der Waals surface area contributed by atoms with Gasteiger partial charge >= 0.3 is 0 Å². The van der Waals surface area contributed by atoms with Crippen molar-refractivity contribution >= 4 is 39.5 Å². The lowest BCUT2D eigenvalue weighted by Gasteiger charge is -2.29. The fourth-order valence-electron chi connectivity index (χ4n) is 4.34. The number of carbonyl (C=O) groups excluding carboxylic acids is 1. The molecular weight excluding hydrogens is 444 g/mol. The molecule has 5 rings (SSSR count). The molecule has 0 aliphatic carbocycles. The van der Waals surface area contributed by atoms with Gasteiger partial charge in [-0.15, -0.1) is 16.4 Å². The maximum absolute atomic E-state index is 11.9. The first-order valence-electron chi connectivity index (χ1n) is 11.5. The lowest BCUT2D eigenvalue weighted by atomic mass is 10.1. The second kappa shape index (κ2) is 9.79. The molecule has 0 unspecified atom stereocenters. The number of fused-ring (bicyclic) bond motifs is 1. The number of nitrogens with one attached hydrogen (secondary N) is 3. The van der Waals surface area contributed by atoms with Crippen molar-refractivity contribution < 1.29 is 4.79 Å². The van der Waals surface area contributed by atoms with E-state index in [2.05, 4.69) is 80.4 Å². The topological polar surface area (TPSA) is 82.2 Å². The number of hydrogen-bond donors (Lipinski definition) is 3. The number of amides is 1. The molecule has 2 aromatic carbocycles. The van der Waals surface area contributed by atoms with Gasteiger partial charge in [-0.1, -0.05) is 30.3 Å². The number of rotatable bonds is 7. The van der Waals surface area contributed by atoms with Crippen LogP contribution in [0, 0.1) is 0 Å². The third-order valence-corrected chi connectivity index (χ3v) is 7.41. The molecule has 1 atom stereocenters. The van der Waals surface area contributed by atoms with Crippen molar-refractivity contribution in [3.8, 4) is 10.4 Å². The smallest absolute Gasteiger partial charge is 0.239 e. The number of thiophene rings is 1. The Morgan fingerprint density at radius 3 is 2.91 bits per heavy atom. The number of piperazine rings is 1. The van der Waals surface area contributed by atoms with Crippen LogP contribution in [0.4, 0.5) is 11.5 Å². The normalized spacial score (nSPS) is 14.8. The number of benzene rings is 2. The van der Waals surface area contributed by atoms with Crippen LogP contribution >= 0.6 is 11.3 Å². The molecule has 4 aromatic rings. The highest BCUT2D eigenvalue weighted by Gasteiger charge is 2.18. The molecule has 1 aliphatic rings. The summed E-state index contributed by atoms with van der Waals surface area (Å²) in [6.45, 7) is 4.81. The largest absolute Gasteiger partial charge is 0.361 e. The van der Waals surface area contributed by atoms with Gasteiger partial charge in [0.05, 0.1) is 18.8 Å². The van der Waals surface area contributed by atoms with Crippen LogP contribution in [0.25, 0.3) is 21.2 Å². The molecule has 8 heteroatoms. The zero-order valence-electron chi connectivity index (χ0n) is 19.3. The molecule has 2 aromatic heterocycles. The first kappa shape index (κ1) is 22.3. The minimum Gasteiger partial charge on any atom is -0.361 e. The van der Waals surface area contributed by atoms with Crippen LogP contribution in [0.1, 0.15) is 23.4 Å². The van der Waals surface area contributed by atoms with E-state index in [1.165, 1.54) is 20.9 Å². The van der Waals surface area contributed by atoms with Gasteiger partial charge in [0.1, 0.15) is 0 Å². The van der Waals surface area contributed by atoms with Crippen LogP contribution in [0.5, 0.6) is 0 Å². The number of nitrogens with zero attached hydrogens (tertiary/aromatic N) is 3. The summed E-state index contributed by atoms with van der Waals surface area (Å²) in [5.74, 6) is 0.801. The van der Waals surface area contributed by atoms with Gasteiger partial charge in [0, 0.05) is 45.8 Å². The number of hydrogen-bond acceptors (Lipinski definition) is 7. The fraction of sp³-hybridized carbons (Fsp3) is 0.269.